The first-order valence-electron chi connectivity index (χ1n) is 4.40. The average molecular weight is 256 g/mol. The van der Waals surface area contributed by atoms with E-state index >= 15 is 0 Å². The Bertz CT molecular complexity index is 359. The molecule has 90 valence electrons. The summed E-state index contributed by atoms with van der Waals surface area (Å²) in [6.45, 7) is 0.249. The SMILES string of the molecule is OCCCNc1cc(C(F)(F)F)nc(Cl)n1. The van der Waals surface area contributed by atoms with Gasteiger partial charge in [-0.05, 0) is 18.0 Å². The van der Waals surface area contributed by atoms with E-state index in [2.05, 4.69) is 15.3 Å². The van der Waals surface area contributed by atoms with Crippen molar-refractivity contribution in [2.75, 3.05) is 18.5 Å². The molecular weight excluding hydrogens is 247 g/mol. The molecular formula is C8H9ClF3N3O. The molecule has 1 aromatic rings. The van der Waals surface area contributed by atoms with Crippen LogP contribution in [0.25, 0.3) is 0 Å². The maximum Gasteiger partial charge on any atom is 0.433 e. The van der Waals surface area contributed by atoms with E-state index in [1.165, 1.54) is 0 Å². The van der Waals surface area contributed by atoms with E-state index in [-0.39, 0.29) is 12.4 Å². The van der Waals surface area contributed by atoms with Crippen LogP contribution in [0.2, 0.25) is 5.28 Å². The van der Waals surface area contributed by atoms with Crippen molar-refractivity contribution in [2.24, 2.45) is 0 Å². The zero-order valence-corrected chi connectivity index (χ0v) is 8.81. The molecule has 0 radical (unpaired) electrons. The molecule has 8 heteroatoms. The Kier molecular flexibility index (Phi) is 4.31. The number of hydrogen-bond donors (Lipinski definition) is 2. The highest BCUT2D eigenvalue weighted by Crippen LogP contribution is 2.29. The summed E-state index contributed by atoms with van der Waals surface area (Å²) in [4.78, 5) is 6.65. The third kappa shape index (κ3) is 3.82. The Hall–Kier alpha value is -1.08. The van der Waals surface area contributed by atoms with E-state index in [0.29, 0.717) is 13.0 Å². The number of aromatic nitrogens is 2. The van der Waals surface area contributed by atoms with E-state index in [0.717, 1.165) is 6.07 Å². The van der Waals surface area contributed by atoms with Crippen LogP contribution in [0.1, 0.15) is 12.1 Å². The lowest BCUT2D eigenvalue weighted by molar-refractivity contribution is -0.141. The van der Waals surface area contributed by atoms with Gasteiger partial charge >= 0.3 is 6.18 Å². The first-order chi connectivity index (χ1) is 7.43. The maximum absolute atomic E-state index is 12.3. The van der Waals surface area contributed by atoms with Crippen molar-refractivity contribution in [3.63, 3.8) is 0 Å². The number of aliphatic hydroxyl groups excluding tert-OH is 1. The van der Waals surface area contributed by atoms with Crippen LogP contribution in [-0.2, 0) is 6.18 Å². The second-order valence-corrected chi connectivity index (χ2v) is 3.25. The van der Waals surface area contributed by atoms with Crippen molar-refractivity contribution in [2.45, 2.75) is 12.6 Å². The van der Waals surface area contributed by atoms with Crippen LogP contribution < -0.4 is 5.32 Å². The zero-order chi connectivity index (χ0) is 12.2. The van der Waals surface area contributed by atoms with Gasteiger partial charge in [-0.15, -0.1) is 0 Å². The molecule has 1 rings (SSSR count). The standard InChI is InChI=1S/C8H9ClF3N3O/c9-7-14-5(8(10,11)12)4-6(15-7)13-2-1-3-16/h4,16H,1-3H2,(H,13,14,15). The van der Waals surface area contributed by atoms with Crippen LogP contribution in [0.4, 0.5) is 19.0 Å². The van der Waals surface area contributed by atoms with Gasteiger partial charge in [0.15, 0.2) is 5.69 Å². The molecule has 0 saturated heterocycles. The van der Waals surface area contributed by atoms with E-state index < -0.39 is 17.2 Å². The lowest BCUT2D eigenvalue weighted by Gasteiger charge is -2.09. The molecule has 0 bridgehead atoms. The van der Waals surface area contributed by atoms with Gasteiger partial charge < -0.3 is 10.4 Å². The summed E-state index contributed by atoms with van der Waals surface area (Å²) in [5.74, 6) is -0.0132. The lowest BCUT2D eigenvalue weighted by atomic mass is 10.3. The van der Waals surface area contributed by atoms with Crippen molar-refractivity contribution < 1.29 is 18.3 Å². The third-order valence-corrected chi connectivity index (χ3v) is 1.80. The Morgan fingerprint density at radius 2 is 2.06 bits per heavy atom. The molecule has 4 nitrogen and oxygen atoms in total. The van der Waals surface area contributed by atoms with Gasteiger partial charge in [0.2, 0.25) is 5.28 Å². The van der Waals surface area contributed by atoms with Crippen molar-refractivity contribution in [3.05, 3.63) is 17.0 Å². The van der Waals surface area contributed by atoms with Crippen LogP contribution in [-0.4, -0.2) is 28.2 Å². The Morgan fingerprint density at radius 1 is 1.38 bits per heavy atom. The van der Waals surface area contributed by atoms with Crippen molar-refractivity contribution >= 4 is 17.4 Å². The molecule has 16 heavy (non-hydrogen) atoms. The fraction of sp³-hybridized carbons (Fsp3) is 0.500. The second-order valence-electron chi connectivity index (χ2n) is 2.91. The number of nitrogens with one attached hydrogen (secondary N) is 1. The van der Waals surface area contributed by atoms with Gasteiger partial charge in [-0.3, -0.25) is 0 Å². The monoisotopic (exact) mass is 255 g/mol. The van der Waals surface area contributed by atoms with Gasteiger partial charge in [-0.2, -0.15) is 13.2 Å². The van der Waals surface area contributed by atoms with Crippen LogP contribution in [0.5, 0.6) is 0 Å². The molecule has 0 spiro atoms. The van der Waals surface area contributed by atoms with E-state index in [1.807, 2.05) is 0 Å². The Labute approximate surface area is 94.5 Å². The molecule has 0 saturated carbocycles. The zero-order valence-electron chi connectivity index (χ0n) is 8.05. The average Bonchev–Trinajstić information content (AvgIpc) is 2.16. The second kappa shape index (κ2) is 5.31. The summed E-state index contributed by atoms with van der Waals surface area (Å²) in [7, 11) is 0. The molecule has 0 aromatic carbocycles. The fourth-order valence-corrected chi connectivity index (χ4v) is 1.13. The van der Waals surface area contributed by atoms with Gasteiger partial charge in [0.05, 0.1) is 0 Å². The molecule has 0 atom stereocenters. The number of rotatable bonds is 4. The largest absolute Gasteiger partial charge is 0.433 e. The number of halogens is 4. The summed E-state index contributed by atoms with van der Waals surface area (Å²) in [5.41, 5.74) is -1.10. The van der Waals surface area contributed by atoms with Gasteiger partial charge in [0.25, 0.3) is 0 Å². The number of hydrogen-bond acceptors (Lipinski definition) is 4. The number of nitrogens with zero attached hydrogens (tertiary/aromatic N) is 2. The highest BCUT2D eigenvalue weighted by Gasteiger charge is 2.33. The van der Waals surface area contributed by atoms with Gasteiger partial charge in [0.1, 0.15) is 5.82 Å². The Balaban J connectivity index is 2.82. The number of alkyl halides is 3. The van der Waals surface area contributed by atoms with Gasteiger partial charge in [-0.25, -0.2) is 9.97 Å². The third-order valence-electron chi connectivity index (χ3n) is 1.63. The molecule has 0 amide bonds. The molecule has 0 aliphatic rings. The van der Waals surface area contributed by atoms with Crippen LogP contribution >= 0.6 is 11.6 Å². The van der Waals surface area contributed by atoms with Gasteiger partial charge in [-0.1, -0.05) is 0 Å². The fourth-order valence-electron chi connectivity index (χ4n) is 0.949. The predicted molar refractivity (Wildman–Crippen MR) is 52.2 cm³/mol. The summed E-state index contributed by atoms with van der Waals surface area (Å²) in [6.07, 6.45) is -4.15. The first kappa shape index (κ1) is 13.0. The summed E-state index contributed by atoms with van der Waals surface area (Å²) in [6, 6.07) is 0.767. The highest BCUT2D eigenvalue weighted by atomic mass is 35.5. The summed E-state index contributed by atoms with van der Waals surface area (Å²) >= 11 is 5.36. The smallest absolute Gasteiger partial charge is 0.396 e. The van der Waals surface area contributed by atoms with Crippen molar-refractivity contribution in [1.29, 1.82) is 0 Å². The lowest BCUT2D eigenvalue weighted by Crippen LogP contribution is -2.12. The molecule has 0 aliphatic heterocycles. The van der Waals surface area contributed by atoms with Crippen molar-refractivity contribution in [3.8, 4) is 0 Å². The minimum Gasteiger partial charge on any atom is -0.396 e. The molecule has 0 aliphatic carbocycles. The molecule has 0 unspecified atom stereocenters. The number of anilines is 1. The molecule has 0 fully saturated rings. The summed E-state index contributed by atoms with van der Waals surface area (Å²) in [5, 5.41) is 10.6. The molecule has 1 heterocycles. The predicted octanol–water partition coefficient (Wildman–Crippen LogP) is 1.94. The highest BCUT2D eigenvalue weighted by molar-refractivity contribution is 6.28. The van der Waals surface area contributed by atoms with E-state index in [9.17, 15) is 13.2 Å². The normalized spacial score (nSPS) is 11.6. The van der Waals surface area contributed by atoms with E-state index in [4.69, 9.17) is 16.7 Å². The molecule has 2 N–H and O–H groups in total. The van der Waals surface area contributed by atoms with Crippen LogP contribution in [0.3, 0.4) is 0 Å². The maximum atomic E-state index is 12.3. The quantitative estimate of drug-likeness (QED) is 0.638. The van der Waals surface area contributed by atoms with Gasteiger partial charge in [0, 0.05) is 19.2 Å². The van der Waals surface area contributed by atoms with E-state index in [1.54, 1.807) is 0 Å². The summed E-state index contributed by atoms with van der Waals surface area (Å²) < 4.78 is 37.0. The van der Waals surface area contributed by atoms with Crippen LogP contribution in [0, 0.1) is 0 Å². The number of aliphatic hydroxyl groups is 1. The molecule has 1 aromatic heterocycles. The Morgan fingerprint density at radius 3 is 2.62 bits per heavy atom. The van der Waals surface area contributed by atoms with Crippen LogP contribution in [0.15, 0.2) is 6.07 Å². The minimum atomic E-state index is -4.56. The first-order valence-corrected chi connectivity index (χ1v) is 4.78. The topological polar surface area (TPSA) is 58.0 Å². The van der Waals surface area contributed by atoms with Crippen molar-refractivity contribution in [1.82, 2.24) is 9.97 Å². The minimum absolute atomic E-state index is 0.0132.